The first kappa shape index (κ1) is 7.60. The van der Waals surface area contributed by atoms with Crippen LogP contribution in [0.4, 0.5) is 0 Å². The first-order valence-electron chi connectivity index (χ1n) is 3.73. The quantitative estimate of drug-likeness (QED) is 0.258. The maximum atomic E-state index is 8.49. The molecule has 2 heterocycles. The summed E-state index contributed by atoms with van der Waals surface area (Å²) in [6.07, 6.45) is 3.33. The molecule has 5 nitrogen and oxygen atoms in total. The van der Waals surface area contributed by atoms with Gasteiger partial charge in [0.1, 0.15) is 5.65 Å². The second-order valence-corrected chi connectivity index (χ2v) is 2.59. The molecule has 0 fully saturated rings. The molecular weight excluding hydrogens is 168 g/mol. The molecule has 0 saturated carbocycles. The molecule has 0 atom stereocenters. The average Bonchev–Trinajstić information content (AvgIpc) is 2.60. The van der Waals surface area contributed by atoms with E-state index in [1.165, 1.54) is 0 Å². The zero-order valence-electron chi connectivity index (χ0n) is 6.73. The molecule has 2 rings (SSSR count). The molecule has 66 valence electrons. The highest BCUT2D eigenvalue weighted by Gasteiger charge is 2.06. The maximum absolute atomic E-state index is 8.49. The number of fused-ring (bicyclic) bond motifs is 1. The van der Waals surface area contributed by atoms with E-state index in [1.54, 1.807) is 18.5 Å². The predicted molar refractivity (Wildman–Crippen MR) is 48.6 cm³/mol. The van der Waals surface area contributed by atoms with Gasteiger partial charge in [-0.25, -0.2) is 4.98 Å². The Kier molecular flexibility index (Phi) is 1.63. The molecule has 0 amide bonds. The second kappa shape index (κ2) is 2.78. The summed E-state index contributed by atoms with van der Waals surface area (Å²) in [5, 5.41) is 12.3. The van der Waals surface area contributed by atoms with E-state index in [4.69, 9.17) is 10.9 Å². The molecule has 0 aliphatic carbocycles. The fourth-order valence-electron chi connectivity index (χ4n) is 1.22. The van der Waals surface area contributed by atoms with E-state index in [1.807, 2.05) is 6.07 Å². The Bertz CT molecular complexity index is 460. The van der Waals surface area contributed by atoms with Crippen LogP contribution in [0.5, 0.6) is 0 Å². The van der Waals surface area contributed by atoms with Gasteiger partial charge in [0, 0.05) is 23.3 Å². The largest absolute Gasteiger partial charge is 0.409 e. The topological polar surface area (TPSA) is 87.3 Å². The number of aromatic amines is 1. The number of pyridine rings is 1. The monoisotopic (exact) mass is 176 g/mol. The van der Waals surface area contributed by atoms with E-state index >= 15 is 0 Å². The third-order valence-corrected chi connectivity index (χ3v) is 1.83. The minimum Gasteiger partial charge on any atom is -0.409 e. The number of H-pyrrole nitrogens is 1. The van der Waals surface area contributed by atoms with Crippen molar-refractivity contribution in [3.05, 3.63) is 30.1 Å². The number of amidine groups is 1. The lowest BCUT2D eigenvalue weighted by Gasteiger charge is -1.93. The van der Waals surface area contributed by atoms with Crippen molar-refractivity contribution in [3.63, 3.8) is 0 Å². The molecule has 0 radical (unpaired) electrons. The van der Waals surface area contributed by atoms with Gasteiger partial charge in [0.25, 0.3) is 0 Å². The van der Waals surface area contributed by atoms with Crippen molar-refractivity contribution in [2.45, 2.75) is 0 Å². The number of nitrogens with zero attached hydrogens (tertiary/aromatic N) is 2. The third-order valence-electron chi connectivity index (χ3n) is 1.83. The molecule has 4 N–H and O–H groups in total. The fourth-order valence-corrected chi connectivity index (χ4v) is 1.22. The molecule has 2 aromatic heterocycles. The number of hydrogen-bond donors (Lipinski definition) is 3. The Balaban J connectivity index is 2.71. The lowest BCUT2D eigenvalue weighted by atomic mass is 10.2. The summed E-state index contributed by atoms with van der Waals surface area (Å²) in [7, 11) is 0. The summed E-state index contributed by atoms with van der Waals surface area (Å²) in [5.41, 5.74) is 6.84. The maximum Gasteiger partial charge on any atom is 0.172 e. The van der Waals surface area contributed by atoms with Gasteiger partial charge >= 0.3 is 0 Å². The minimum atomic E-state index is 0.0826. The summed E-state index contributed by atoms with van der Waals surface area (Å²) >= 11 is 0. The van der Waals surface area contributed by atoms with Crippen molar-refractivity contribution in [2.75, 3.05) is 0 Å². The van der Waals surface area contributed by atoms with Gasteiger partial charge in [-0.15, -0.1) is 0 Å². The van der Waals surface area contributed by atoms with Gasteiger partial charge in [-0.3, -0.25) is 0 Å². The Morgan fingerprint density at radius 2 is 2.46 bits per heavy atom. The van der Waals surface area contributed by atoms with Gasteiger partial charge in [0.2, 0.25) is 0 Å². The number of aromatic nitrogens is 2. The van der Waals surface area contributed by atoms with E-state index in [2.05, 4.69) is 15.1 Å². The second-order valence-electron chi connectivity index (χ2n) is 2.59. The lowest BCUT2D eigenvalue weighted by molar-refractivity contribution is 0.318. The van der Waals surface area contributed by atoms with Crippen LogP contribution in [0.15, 0.2) is 29.7 Å². The van der Waals surface area contributed by atoms with Crippen molar-refractivity contribution in [1.82, 2.24) is 9.97 Å². The van der Waals surface area contributed by atoms with Crippen LogP contribution in [-0.4, -0.2) is 21.0 Å². The highest BCUT2D eigenvalue weighted by Crippen LogP contribution is 2.14. The zero-order valence-corrected chi connectivity index (χ0v) is 6.73. The van der Waals surface area contributed by atoms with Crippen molar-refractivity contribution >= 4 is 16.9 Å². The van der Waals surface area contributed by atoms with Crippen LogP contribution in [0.25, 0.3) is 11.0 Å². The van der Waals surface area contributed by atoms with E-state index in [-0.39, 0.29) is 5.84 Å². The summed E-state index contributed by atoms with van der Waals surface area (Å²) in [4.78, 5) is 6.99. The van der Waals surface area contributed by atoms with Gasteiger partial charge in [0.15, 0.2) is 5.84 Å². The van der Waals surface area contributed by atoms with Gasteiger partial charge in [-0.05, 0) is 12.1 Å². The first-order valence-corrected chi connectivity index (χ1v) is 3.73. The normalized spacial score (nSPS) is 12.2. The van der Waals surface area contributed by atoms with Gasteiger partial charge in [-0.2, -0.15) is 0 Å². The Morgan fingerprint density at radius 1 is 1.62 bits per heavy atom. The van der Waals surface area contributed by atoms with E-state index in [9.17, 15) is 0 Å². The summed E-state index contributed by atoms with van der Waals surface area (Å²) < 4.78 is 0. The van der Waals surface area contributed by atoms with Gasteiger partial charge in [0.05, 0.1) is 0 Å². The predicted octanol–water partition coefficient (Wildman–Crippen LogP) is 0.657. The first-order chi connectivity index (χ1) is 6.33. The molecule has 0 aliphatic rings. The highest BCUT2D eigenvalue weighted by molar-refractivity contribution is 6.07. The average molecular weight is 176 g/mol. The molecule has 0 aliphatic heterocycles. The Morgan fingerprint density at radius 3 is 3.23 bits per heavy atom. The summed E-state index contributed by atoms with van der Waals surface area (Å²) in [5.74, 6) is 0.0826. The van der Waals surface area contributed by atoms with Crippen LogP contribution in [0, 0.1) is 0 Å². The molecule has 13 heavy (non-hydrogen) atoms. The number of oxime groups is 1. The standard InChI is InChI=1S/C8H8N4O/c9-7(12-13)6-4-11-8-5(6)2-1-3-10-8/h1-4,13H,(H2,9,12)(H,10,11). The smallest absolute Gasteiger partial charge is 0.172 e. The third kappa shape index (κ3) is 1.10. The van der Waals surface area contributed by atoms with Gasteiger partial charge < -0.3 is 15.9 Å². The van der Waals surface area contributed by atoms with Crippen LogP contribution in [0.3, 0.4) is 0 Å². The molecule has 0 aromatic carbocycles. The number of nitrogens with one attached hydrogen (secondary N) is 1. The Labute approximate surface area is 73.9 Å². The lowest BCUT2D eigenvalue weighted by Crippen LogP contribution is -2.12. The van der Waals surface area contributed by atoms with E-state index < -0.39 is 0 Å². The molecule has 0 bridgehead atoms. The molecule has 5 heteroatoms. The van der Waals surface area contributed by atoms with Crippen molar-refractivity contribution in [1.29, 1.82) is 0 Å². The van der Waals surface area contributed by atoms with Crippen molar-refractivity contribution < 1.29 is 5.21 Å². The van der Waals surface area contributed by atoms with Crippen LogP contribution in [-0.2, 0) is 0 Å². The van der Waals surface area contributed by atoms with Crippen molar-refractivity contribution in [2.24, 2.45) is 10.9 Å². The fraction of sp³-hybridized carbons (Fsp3) is 0. The number of rotatable bonds is 1. The number of nitrogens with two attached hydrogens (primary N) is 1. The summed E-state index contributed by atoms with van der Waals surface area (Å²) in [6, 6.07) is 3.65. The van der Waals surface area contributed by atoms with Crippen LogP contribution < -0.4 is 5.73 Å². The van der Waals surface area contributed by atoms with Crippen LogP contribution in [0.1, 0.15) is 5.56 Å². The molecular formula is C8H8N4O. The zero-order chi connectivity index (χ0) is 9.26. The van der Waals surface area contributed by atoms with Crippen molar-refractivity contribution in [3.8, 4) is 0 Å². The van der Waals surface area contributed by atoms with E-state index in [0.29, 0.717) is 5.56 Å². The Hall–Kier alpha value is -2.04. The highest BCUT2D eigenvalue weighted by atomic mass is 16.4. The molecule has 2 aromatic rings. The number of hydrogen-bond acceptors (Lipinski definition) is 3. The van der Waals surface area contributed by atoms with Gasteiger partial charge in [-0.1, -0.05) is 5.16 Å². The van der Waals surface area contributed by atoms with Crippen LogP contribution >= 0.6 is 0 Å². The van der Waals surface area contributed by atoms with Crippen LogP contribution in [0.2, 0.25) is 0 Å². The molecule has 0 unspecified atom stereocenters. The molecule has 0 saturated heterocycles. The van der Waals surface area contributed by atoms with E-state index in [0.717, 1.165) is 11.0 Å². The summed E-state index contributed by atoms with van der Waals surface area (Å²) in [6.45, 7) is 0. The minimum absolute atomic E-state index is 0.0826. The SMILES string of the molecule is NC(=NO)c1c[nH]c2ncccc12. The molecule has 0 spiro atoms.